The van der Waals surface area contributed by atoms with Gasteiger partial charge in [0.15, 0.2) is 5.82 Å². The van der Waals surface area contributed by atoms with Crippen LogP contribution in [0.3, 0.4) is 0 Å². The fourth-order valence-corrected chi connectivity index (χ4v) is 3.90. The minimum atomic E-state index is 0.325. The molecule has 1 saturated heterocycles. The second-order valence-electron chi connectivity index (χ2n) is 7.31. The first-order valence-electron chi connectivity index (χ1n) is 9.52. The number of anilines is 2. The lowest BCUT2D eigenvalue weighted by Gasteiger charge is -2.32. The highest BCUT2D eigenvalue weighted by Crippen LogP contribution is 2.40. The topological polar surface area (TPSA) is 104 Å². The molecular weight excluding hydrogens is 342 g/mol. The number of piperidine rings is 1. The van der Waals surface area contributed by atoms with E-state index < -0.39 is 0 Å². The summed E-state index contributed by atoms with van der Waals surface area (Å²) in [5.41, 5.74) is 5.72. The van der Waals surface area contributed by atoms with Crippen molar-refractivity contribution < 1.29 is 0 Å². The lowest BCUT2D eigenvalue weighted by atomic mass is 9.96. The summed E-state index contributed by atoms with van der Waals surface area (Å²) >= 11 is 0. The first-order chi connectivity index (χ1) is 13.3. The third-order valence-corrected chi connectivity index (χ3v) is 5.41. The summed E-state index contributed by atoms with van der Waals surface area (Å²) in [6.07, 6.45) is 10.0. The smallest absolute Gasteiger partial charge is 0.221 e. The molecule has 4 heterocycles. The molecule has 1 aliphatic carbocycles. The molecule has 0 bridgehead atoms. The SMILES string of the molecule is Nc1nccc(N2CCC(c3nnc(Cn4cccn4)n3C3CC3)CC2)n1. The van der Waals surface area contributed by atoms with Gasteiger partial charge in [-0.3, -0.25) is 4.68 Å². The van der Waals surface area contributed by atoms with Gasteiger partial charge in [0, 0.05) is 43.6 Å². The van der Waals surface area contributed by atoms with Gasteiger partial charge in [0.1, 0.15) is 18.2 Å². The Labute approximate surface area is 157 Å². The van der Waals surface area contributed by atoms with Crippen LogP contribution in [0.1, 0.15) is 49.3 Å². The van der Waals surface area contributed by atoms with Crippen LogP contribution in [0, 0.1) is 0 Å². The van der Waals surface area contributed by atoms with Crippen LogP contribution >= 0.6 is 0 Å². The summed E-state index contributed by atoms with van der Waals surface area (Å²) in [6, 6.07) is 4.42. The second-order valence-corrected chi connectivity index (χ2v) is 7.31. The van der Waals surface area contributed by atoms with E-state index in [1.54, 1.807) is 12.4 Å². The number of rotatable bonds is 5. The van der Waals surface area contributed by atoms with E-state index in [0.717, 1.165) is 43.4 Å². The molecule has 3 aromatic rings. The monoisotopic (exact) mass is 365 g/mol. The molecule has 2 aliphatic rings. The largest absolute Gasteiger partial charge is 0.368 e. The molecule has 140 valence electrons. The molecule has 0 unspecified atom stereocenters. The molecule has 1 aliphatic heterocycles. The summed E-state index contributed by atoms with van der Waals surface area (Å²) in [5.74, 6) is 3.82. The molecule has 9 nitrogen and oxygen atoms in total. The summed E-state index contributed by atoms with van der Waals surface area (Å²) in [4.78, 5) is 10.6. The van der Waals surface area contributed by atoms with E-state index in [9.17, 15) is 0 Å². The molecule has 9 heteroatoms. The molecule has 0 spiro atoms. The molecule has 3 aromatic heterocycles. The number of nitrogen functional groups attached to an aromatic ring is 1. The summed E-state index contributed by atoms with van der Waals surface area (Å²) < 4.78 is 4.29. The highest BCUT2D eigenvalue weighted by atomic mass is 15.3. The van der Waals surface area contributed by atoms with Gasteiger partial charge in [-0.25, -0.2) is 4.98 Å². The summed E-state index contributed by atoms with van der Waals surface area (Å²) in [5, 5.41) is 13.4. The number of hydrogen-bond acceptors (Lipinski definition) is 7. The van der Waals surface area contributed by atoms with Crippen LogP contribution in [0.4, 0.5) is 11.8 Å². The number of aromatic nitrogens is 7. The van der Waals surface area contributed by atoms with Crippen LogP contribution in [0.15, 0.2) is 30.7 Å². The van der Waals surface area contributed by atoms with Crippen LogP contribution in [0.25, 0.3) is 0 Å². The van der Waals surface area contributed by atoms with Crippen LogP contribution in [-0.2, 0) is 6.54 Å². The van der Waals surface area contributed by atoms with Gasteiger partial charge in [0.2, 0.25) is 5.95 Å². The zero-order valence-corrected chi connectivity index (χ0v) is 15.1. The summed E-state index contributed by atoms with van der Waals surface area (Å²) in [7, 11) is 0. The maximum absolute atomic E-state index is 5.72. The maximum Gasteiger partial charge on any atom is 0.221 e. The fraction of sp³-hybridized carbons (Fsp3) is 0.500. The van der Waals surface area contributed by atoms with E-state index in [-0.39, 0.29) is 0 Å². The van der Waals surface area contributed by atoms with Crippen LogP contribution in [0.2, 0.25) is 0 Å². The van der Waals surface area contributed by atoms with Gasteiger partial charge in [0.25, 0.3) is 0 Å². The first kappa shape index (κ1) is 16.2. The van der Waals surface area contributed by atoms with Crippen molar-refractivity contribution in [3.05, 3.63) is 42.4 Å². The molecule has 0 amide bonds. The molecule has 0 atom stereocenters. The minimum Gasteiger partial charge on any atom is -0.368 e. The highest BCUT2D eigenvalue weighted by Gasteiger charge is 2.33. The Balaban J connectivity index is 1.33. The number of nitrogens with zero attached hydrogens (tertiary/aromatic N) is 8. The van der Waals surface area contributed by atoms with Crippen molar-refractivity contribution in [2.45, 2.75) is 44.2 Å². The quantitative estimate of drug-likeness (QED) is 0.732. The minimum absolute atomic E-state index is 0.325. The third kappa shape index (κ3) is 3.24. The predicted molar refractivity (Wildman–Crippen MR) is 100 cm³/mol. The highest BCUT2D eigenvalue weighted by molar-refractivity contribution is 5.41. The van der Waals surface area contributed by atoms with Crippen molar-refractivity contribution in [3.8, 4) is 0 Å². The molecular formula is C18H23N9. The van der Waals surface area contributed by atoms with Gasteiger partial charge in [-0.05, 0) is 37.8 Å². The average molecular weight is 365 g/mol. The van der Waals surface area contributed by atoms with E-state index >= 15 is 0 Å². The standard InChI is InChI=1S/C18H23N9/c19-18-20-8-4-15(22-18)25-10-5-13(6-11-25)17-24-23-16(27(17)14-2-3-14)12-26-9-1-7-21-26/h1,4,7-9,13-14H,2-3,5-6,10-12H2,(H2,19,20,22). The van der Waals surface area contributed by atoms with Crippen molar-refractivity contribution in [1.82, 2.24) is 34.5 Å². The third-order valence-electron chi connectivity index (χ3n) is 5.41. The van der Waals surface area contributed by atoms with Crippen molar-refractivity contribution >= 4 is 11.8 Å². The summed E-state index contributed by atoms with van der Waals surface area (Å²) in [6.45, 7) is 2.55. The Morgan fingerprint density at radius 2 is 1.93 bits per heavy atom. The van der Waals surface area contributed by atoms with E-state index in [0.29, 0.717) is 24.5 Å². The molecule has 0 aromatic carbocycles. The Morgan fingerprint density at radius 3 is 2.63 bits per heavy atom. The molecule has 0 radical (unpaired) electrons. The van der Waals surface area contributed by atoms with Gasteiger partial charge in [-0.1, -0.05) is 0 Å². The lowest BCUT2D eigenvalue weighted by molar-refractivity contribution is 0.458. The normalized spacial score (nSPS) is 18.1. The van der Waals surface area contributed by atoms with Crippen molar-refractivity contribution in [2.75, 3.05) is 23.7 Å². The zero-order chi connectivity index (χ0) is 18.2. The van der Waals surface area contributed by atoms with E-state index in [1.807, 2.05) is 23.0 Å². The number of nitrogens with two attached hydrogens (primary N) is 1. The van der Waals surface area contributed by atoms with Gasteiger partial charge >= 0.3 is 0 Å². The van der Waals surface area contributed by atoms with E-state index in [1.165, 1.54) is 12.8 Å². The molecule has 5 rings (SSSR count). The van der Waals surface area contributed by atoms with Gasteiger partial charge in [-0.15, -0.1) is 10.2 Å². The van der Waals surface area contributed by atoms with Crippen molar-refractivity contribution in [1.29, 1.82) is 0 Å². The Morgan fingerprint density at radius 1 is 1.07 bits per heavy atom. The lowest BCUT2D eigenvalue weighted by Crippen LogP contribution is -2.34. The molecule has 2 fully saturated rings. The molecule has 27 heavy (non-hydrogen) atoms. The van der Waals surface area contributed by atoms with Gasteiger partial charge < -0.3 is 15.2 Å². The van der Waals surface area contributed by atoms with Gasteiger partial charge in [0.05, 0.1) is 0 Å². The van der Waals surface area contributed by atoms with Crippen LogP contribution in [0.5, 0.6) is 0 Å². The second kappa shape index (κ2) is 6.64. The Kier molecular flexibility index (Phi) is 3.99. The van der Waals surface area contributed by atoms with Crippen LogP contribution < -0.4 is 10.6 Å². The maximum atomic E-state index is 5.72. The molecule has 2 N–H and O–H groups in total. The number of hydrogen-bond donors (Lipinski definition) is 1. The molecule has 1 saturated carbocycles. The van der Waals surface area contributed by atoms with Gasteiger partial charge in [-0.2, -0.15) is 10.1 Å². The van der Waals surface area contributed by atoms with E-state index in [4.69, 9.17) is 5.73 Å². The first-order valence-corrected chi connectivity index (χ1v) is 9.52. The average Bonchev–Trinajstić information content (AvgIpc) is 3.23. The van der Waals surface area contributed by atoms with E-state index in [2.05, 4.69) is 34.7 Å². The predicted octanol–water partition coefficient (Wildman–Crippen LogP) is 1.61. The van der Waals surface area contributed by atoms with Crippen molar-refractivity contribution in [2.24, 2.45) is 0 Å². The van der Waals surface area contributed by atoms with Crippen molar-refractivity contribution in [3.63, 3.8) is 0 Å². The Bertz CT molecular complexity index is 905. The Hall–Kier alpha value is -2.97. The zero-order valence-electron chi connectivity index (χ0n) is 15.1. The fourth-order valence-electron chi connectivity index (χ4n) is 3.90. The van der Waals surface area contributed by atoms with Crippen LogP contribution in [-0.4, -0.2) is 47.6 Å².